The minimum absolute atomic E-state index is 0.0525. The number of aliphatic hydroxyl groups is 1. The maximum atomic E-state index is 12.9. The number of carbonyl (C=O) groups excluding carboxylic acids is 3. The van der Waals surface area contributed by atoms with Gasteiger partial charge < -0.3 is 31.1 Å². The lowest BCUT2D eigenvalue weighted by Gasteiger charge is -2.23. The molecule has 0 spiro atoms. The maximum Gasteiger partial charge on any atom is 0.253 e. The Bertz CT molecular complexity index is 1480. The van der Waals surface area contributed by atoms with Crippen molar-refractivity contribution in [3.8, 4) is 17.0 Å². The second kappa shape index (κ2) is 12.3. The van der Waals surface area contributed by atoms with Gasteiger partial charge in [0.05, 0.1) is 60.3 Å². The normalized spacial score (nSPS) is 13.2. The molecule has 1 aliphatic carbocycles. The van der Waals surface area contributed by atoms with E-state index in [1.54, 1.807) is 24.4 Å². The van der Waals surface area contributed by atoms with Gasteiger partial charge in [-0.1, -0.05) is 11.3 Å². The quantitative estimate of drug-likeness (QED) is 0.192. The van der Waals surface area contributed by atoms with E-state index in [9.17, 15) is 19.5 Å². The molecule has 42 heavy (non-hydrogen) atoms. The van der Waals surface area contributed by atoms with Gasteiger partial charge >= 0.3 is 0 Å². The molecule has 4 rings (SSSR count). The van der Waals surface area contributed by atoms with Crippen molar-refractivity contribution < 1.29 is 24.2 Å². The number of pyridine rings is 1. The Morgan fingerprint density at radius 1 is 1.14 bits per heavy atom. The van der Waals surface area contributed by atoms with Crippen LogP contribution in [0, 0.1) is 5.92 Å². The van der Waals surface area contributed by atoms with Crippen molar-refractivity contribution in [2.75, 3.05) is 24.3 Å². The van der Waals surface area contributed by atoms with E-state index in [4.69, 9.17) is 28.3 Å². The second-order valence-electron chi connectivity index (χ2n) is 10.4. The van der Waals surface area contributed by atoms with Crippen LogP contribution in [-0.2, 0) is 16.1 Å². The van der Waals surface area contributed by atoms with Crippen LogP contribution in [-0.4, -0.2) is 90.8 Å². The zero-order valence-electron chi connectivity index (χ0n) is 23.5. The highest BCUT2D eigenvalue weighted by Gasteiger charge is 2.30. The predicted octanol–water partition coefficient (Wildman–Crippen LogP) is 0.174. The Labute approximate surface area is 246 Å². The van der Waals surface area contributed by atoms with Gasteiger partial charge in [0.15, 0.2) is 5.75 Å². The Hall–Kier alpha value is -4.33. The van der Waals surface area contributed by atoms with Gasteiger partial charge in [0.25, 0.3) is 11.8 Å². The van der Waals surface area contributed by atoms with Crippen molar-refractivity contribution in [3.05, 3.63) is 42.2 Å². The third-order valence-corrected chi connectivity index (χ3v) is 6.13. The van der Waals surface area contributed by atoms with Gasteiger partial charge in [-0.25, -0.2) is 4.98 Å². The van der Waals surface area contributed by atoms with Crippen LogP contribution in [0.4, 0.5) is 17.2 Å². The average Bonchev–Trinajstić information content (AvgIpc) is 3.65. The number of hydrogen-bond acceptors (Lipinski definition) is 9. The van der Waals surface area contributed by atoms with Gasteiger partial charge in [-0.2, -0.15) is 15.0 Å². The molecule has 0 aliphatic heterocycles. The number of para-hydroxylation sites is 1. The molecule has 1 aromatic carbocycles. The molecule has 212 valence electrons. The van der Waals surface area contributed by atoms with Gasteiger partial charge in [0.1, 0.15) is 17.1 Å². The summed E-state index contributed by atoms with van der Waals surface area (Å²) in [7, 11) is 18.2. The largest absolute Gasteiger partial charge is 0.494 e. The summed E-state index contributed by atoms with van der Waals surface area (Å²) < 4.78 is 5.71. The molecule has 3 amide bonds. The summed E-state index contributed by atoms with van der Waals surface area (Å²) in [6.07, 6.45) is 4.43. The summed E-state index contributed by atoms with van der Waals surface area (Å²) in [5, 5.41) is 27.3. The predicted molar refractivity (Wildman–Crippen MR) is 158 cm³/mol. The number of anilines is 3. The van der Waals surface area contributed by atoms with Crippen molar-refractivity contribution in [3.63, 3.8) is 0 Å². The van der Waals surface area contributed by atoms with E-state index >= 15 is 0 Å². The number of carbonyl (C=O) groups is 3. The van der Waals surface area contributed by atoms with Gasteiger partial charge in [0.2, 0.25) is 5.91 Å². The summed E-state index contributed by atoms with van der Waals surface area (Å²) in [6, 6.07) is 6.76. The summed E-state index contributed by atoms with van der Waals surface area (Å²) in [6.45, 7) is 3.26. The number of benzene rings is 1. The standard InChI is InChI=1S/C26H29B3N8O5/c1-25(2,41)24(40)30-9-10-37-32-13-19(36-37)15-5-4-6-17(21(15)42-3)33-18-11-20(34-22(38)14-7-8-14)31-12-16(18)23(39)35-26(27,28)29/h4-6,11-14,41H,7-10H2,1-3H3,(H,30,40)(H,35,39)(H2,31,33,34,38). The van der Waals surface area contributed by atoms with E-state index in [1.807, 2.05) is 0 Å². The minimum atomic E-state index is -1.98. The Kier molecular flexibility index (Phi) is 8.95. The molecule has 2 aromatic heterocycles. The first-order valence-corrected chi connectivity index (χ1v) is 13.1. The number of nitrogens with one attached hydrogen (secondary N) is 4. The molecule has 1 fully saturated rings. The number of amides is 3. The number of hydrogen-bond donors (Lipinski definition) is 5. The molecule has 6 radical (unpaired) electrons. The summed E-state index contributed by atoms with van der Waals surface area (Å²) >= 11 is 0. The zero-order valence-corrected chi connectivity index (χ0v) is 23.5. The Balaban J connectivity index is 1.60. The first-order chi connectivity index (χ1) is 19.7. The van der Waals surface area contributed by atoms with Crippen molar-refractivity contribution >= 4 is 58.5 Å². The fraction of sp³-hybridized carbons (Fsp3) is 0.385. The molecule has 0 atom stereocenters. The fourth-order valence-corrected chi connectivity index (χ4v) is 3.86. The van der Waals surface area contributed by atoms with Crippen molar-refractivity contribution in [2.45, 2.75) is 44.1 Å². The molecule has 16 heteroatoms. The summed E-state index contributed by atoms with van der Waals surface area (Å²) in [5.41, 5.74) is 0.345. The topological polar surface area (TPSA) is 172 Å². The highest BCUT2D eigenvalue weighted by molar-refractivity contribution is 6.60. The number of rotatable bonds is 12. The average molecular weight is 566 g/mol. The molecule has 1 aliphatic rings. The second-order valence-corrected chi connectivity index (χ2v) is 10.4. The van der Waals surface area contributed by atoms with Crippen LogP contribution in [0.1, 0.15) is 37.0 Å². The molecule has 13 nitrogen and oxygen atoms in total. The van der Waals surface area contributed by atoms with Gasteiger partial charge in [-0.05, 0) is 38.8 Å². The van der Waals surface area contributed by atoms with Gasteiger partial charge in [-0.3, -0.25) is 14.4 Å². The van der Waals surface area contributed by atoms with E-state index in [1.165, 1.54) is 38.0 Å². The van der Waals surface area contributed by atoms with E-state index < -0.39 is 22.7 Å². The van der Waals surface area contributed by atoms with Gasteiger partial charge in [-0.15, -0.1) is 0 Å². The van der Waals surface area contributed by atoms with E-state index in [2.05, 4.69) is 36.4 Å². The van der Waals surface area contributed by atoms with Crippen LogP contribution in [0.25, 0.3) is 11.3 Å². The van der Waals surface area contributed by atoms with Gasteiger partial charge in [0, 0.05) is 30.3 Å². The maximum absolute atomic E-state index is 12.9. The van der Waals surface area contributed by atoms with E-state index in [0.29, 0.717) is 22.7 Å². The molecule has 0 bridgehead atoms. The number of aromatic nitrogens is 4. The summed E-state index contributed by atoms with van der Waals surface area (Å²) in [5.74, 6) is -0.797. The van der Waals surface area contributed by atoms with E-state index in [-0.39, 0.29) is 42.0 Å². The summed E-state index contributed by atoms with van der Waals surface area (Å²) in [4.78, 5) is 42.8. The van der Waals surface area contributed by atoms with Crippen LogP contribution < -0.4 is 26.0 Å². The fourth-order valence-electron chi connectivity index (χ4n) is 3.86. The molecule has 0 unspecified atom stereocenters. The van der Waals surface area contributed by atoms with Crippen molar-refractivity contribution in [1.82, 2.24) is 30.6 Å². The molecule has 3 aromatic rings. The number of nitrogens with zero attached hydrogens (tertiary/aromatic N) is 4. The number of methoxy groups -OCH3 is 1. The highest BCUT2D eigenvalue weighted by atomic mass is 16.5. The van der Waals surface area contributed by atoms with Crippen LogP contribution in [0.2, 0.25) is 0 Å². The van der Waals surface area contributed by atoms with Crippen LogP contribution in [0.3, 0.4) is 0 Å². The lowest BCUT2D eigenvalue weighted by atomic mass is 9.49. The minimum Gasteiger partial charge on any atom is -0.494 e. The first kappa shape index (κ1) is 30.6. The van der Waals surface area contributed by atoms with Crippen LogP contribution in [0.15, 0.2) is 36.7 Å². The zero-order chi connectivity index (χ0) is 30.7. The lowest BCUT2D eigenvalue weighted by molar-refractivity contribution is -0.136. The first-order valence-electron chi connectivity index (χ1n) is 13.1. The molecule has 0 saturated heterocycles. The lowest BCUT2D eigenvalue weighted by Crippen LogP contribution is -2.50. The molecule has 2 heterocycles. The van der Waals surface area contributed by atoms with Crippen LogP contribution >= 0.6 is 0 Å². The molecule has 1 saturated carbocycles. The molecular weight excluding hydrogens is 537 g/mol. The Morgan fingerprint density at radius 3 is 2.52 bits per heavy atom. The van der Waals surface area contributed by atoms with Crippen molar-refractivity contribution in [2.24, 2.45) is 5.92 Å². The molecule has 5 N–H and O–H groups in total. The third kappa shape index (κ3) is 7.90. The third-order valence-electron chi connectivity index (χ3n) is 6.13. The SMILES string of the molecule is [B]C([B])([B])NC(=O)c1cnc(NC(=O)C2CC2)cc1Nc1cccc(-c2cnn(CCNC(=O)C(C)(C)O)n2)c1OC. The van der Waals surface area contributed by atoms with Crippen molar-refractivity contribution in [1.29, 1.82) is 0 Å². The molecular formula is C26H29B3N8O5. The monoisotopic (exact) mass is 566 g/mol. The Morgan fingerprint density at radius 2 is 1.88 bits per heavy atom. The highest BCUT2D eigenvalue weighted by Crippen LogP contribution is 2.38. The smallest absolute Gasteiger partial charge is 0.253 e. The number of ether oxygens (including phenoxy) is 1. The van der Waals surface area contributed by atoms with E-state index in [0.717, 1.165) is 12.8 Å². The van der Waals surface area contributed by atoms with Crippen LogP contribution in [0.5, 0.6) is 5.75 Å².